The Bertz CT molecular complexity index is 1200. The van der Waals surface area contributed by atoms with Crippen LogP contribution in [0.3, 0.4) is 0 Å². The zero-order valence-electron chi connectivity index (χ0n) is 20.0. The second kappa shape index (κ2) is 10.9. The summed E-state index contributed by atoms with van der Waals surface area (Å²) in [4.78, 5) is 11.6. The second-order valence-corrected chi connectivity index (χ2v) is 7.83. The molecule has 0 saturated carbocycles. The van der Waals surface area contributed by atoms with E-state index in [-0.39, 0.29) is 6.04 Å². The molecule has 3 rings (SSSR count). The van der Waals surface area contributed by atoms with E-state index in [9.17, 15) is 0 Å². The second-order valence-electron chi connectivity index (χ2n) is 7.83. The first-order chi connectivity index (χ1) is 16.0. The summed E-state index contributed by atoms with van der Waals surface area (Å²) in [5.74, 6) is 6.15. The molecule has 1 aliphatic heterocycles. The van der Waals surface area contributed by atoms with Gasteiger partial charge in [0.25, 0.3) is 0 Å². The van der Waals surface area contributed by atoms with Crippen molar-refractivity contribution < 1.29 is 9.13 Å². The van der Waals surface area contributed by atoms with Crippen LogP contribution in [0.25, 0.3) is 22.2 Å². The molecule has 1 N–H and O–H groups in total. The normalized spacial score (nSPS) is 17.6. The van der Waals surface area contributed by atoms with E-state index in [0.717, 1.165) is 22.5 Å². The fraction of sp³-hybridized carbons (Fsp3) is 0.333. The van der Waals surface area contributed by atoms with E-state index in [1.165, 1.54) is 6.20 Å². The van der Waals surface area contributed by atoms with Gasteiger partial charge in [-0.25, -0.2) is 14.4 Å². The number of hydrogen-bond acceptors (Lipinski definition) is 5. The molecule has 0 radical (unpaired) electrons. The van der Waals surface area contributed by atoms with Crippen LogP contribution >= 0.6 is 0 Å². The largest absolute Gasteiger partial charge is 0.386 e. The number of allylic oxidation sites excluding steroid dienone is 6. The minimum absolute atomic E-state index is 0.140. The topological polar surface area (TPSA) is 50.3 Å². The predicted octanol–water partition coefficient (Wildman–Crippen LogP) is 5.11. The first-order valence-corrected chi connectivity index (χ1v) is 11.1. The lowest BCUT2D eigenvalue weighted by Crippen LogP contribution is -2.44. The maximum Gasteiger partial charge on any atom is 0.151 e. The summed E-state index contributed by atoms with van der Waals surface area (Å²) in [7, 11) is 1.79. The van der Waals surface area contributed by atoms with Crippen molar-refractivity contribution in [2.75, 3.05) is 31.7 Å². The van der Waals surface area contributed by atoms with Crippen LogP contribution in [0.5, 0.6) is 0 Å². The molecule has 0 aromatic carbocycles. The maximum atomic E-state index is 15.4. The van der Waals surface area contributed by atoms with E-state index in [0.29, 0.717) is 42.1 Å². The van der Waals surface area contributed by atoms with Gasteiger partial charge < -0.3 is 15.0 Å². The smallest absolute Gasteiger partial charge is 0.151 e. The molecular weight excluding hydrogens is 415 g/mol. The lowest BCUT2D eigenvalue weighted by atomic mass is 9.95. The SMILES string of the molecule is C=C/C(C)=C(\C=C/C)c1cc(N2CCOCC2C)nc2c(/C(=C/C#CC)NC)ncc(F)c12. The molecule has 2 aromatic rings. The summed E-state index contributed by atoms with van der Waals surface area (Å²) in [6.45, 7) is 13.6. The first-order valence-electron chi connectivity index (χ1n) is 11.1. The summed E-state index contributed by atoms with van der Waals surface area (Å²) in [5.41, 5.74) is 4.30. The quantitative estimate of drug-likeness (QED) is 0.493. The van der Waals surface area contributed by atoms with Crippen molar-refractivity contribution in [2.45, 2.75) is 33.7 Å². The van der Waals surface area contributed by atoms with Gasteiger partial charge in [0.2, 0.25) is 0 Å². The van der Waals surface area contributed by atoms with Crippen molar-refractivity contribution >= 4 is 28.0 Å². The fourth-order valence-electron chi connectivity index (χ4n) is 3.93. The number of halogens is 1. The zero-order valence-corrected chi connectivity index (χ0v) is 20.0. The number of rotatable bonds is 6. The molecule has 0 amide bonds. The lowest BCUT2D eigenvalue weighted by Gasteiger charge is -2.35. The molecule has 1 atom stereocenters. The molecule has 6 heteroatoms. The van der Waals surface area contributed by atoms with Crippen molar-refractivity contribution in [3.05, 3.63) is 65.8 Å². The van der Waals surface area contributed by atoms with Crippen molar-refractivity contribution in [3.8, 4) is 11.8 Å². The van der Waals surface area contributed by atoms with E-state index in [4.69, 9.17) is 9.72 Å². The number of nitrogens with one attached hydrogen (secondary N) is 1. The van der Waals surface area contributed by atoms with Crippen molar-refractivity contribution in [2.24, 2.45) is 0 Å². The summed E-state index contributed by atoms with van der Waals surface area (Å²) in [6, 6.07) is 2.11. The highest BCUT2D eigenvalue weighted by molar-refractivity contribution is 6.00. The van der Waals surface area contributed by atoms with Gasteiger partial charge in [0, 0.05) is 25.1 Å². The van der Waals surface area contributed by atoms with Crippen LogP contribution in [0.15, 0.2) is 48.7 Å². The minimum atomic E-state index is -0.422. The van der Waals surface area contributed by atoms with Gasteiger partial charge in [-0.05, 0) is 50.5 Å². The monoisotopic (exact) mass is 446 g/mol. The van der Waals surface area contributed by atoms with Crippen molar-refractivity contribution in [3.63, 3.8) is 0 Å². The Labute approximate surface area is 195 Å². The van der Waals surface area contributed by atoms with Crippen LogP contribution in [-0.4, -0.2) is 42.8 Å². The summed E-state index contributed by atoms with van der Waals surface area (Å²) in [6.07, 6.45) is 8.70. The van der Waals surface area contributed by atoms with Crippen LogP contribution in [0.1, 0.15) is 39.0 Å². The molecule has 0 spiro atoms. The molecule has 172 valence electrons. The van der Waals surface area contributed by atoms with Gasteiger partial charge in [0.1, 0.15) is 17.0 Å². The number of pyridine rings is 2. The number of morpholine rings is 1. The number of nitrogens with zero attached hydrogens (tertiary/aromatic N) is 3. The lowest BCUT2D eigenvalue weighted by molar-refractivity contribution is 0.0985. The molecule has 3 heterocycles. The third kappa shape index (κ3) is 4.99. The Balaban J connectivity index is 2.46. The highest BCUT2D eigenvalue weighted by Crippen LogP contribution is 2.35. The van der Waals surface area contributed by atoms with Crippen molar-refractivity contribution in [1.82, 2.24) is 15.3 Å². The molecule has 1 fully saturated rings. The van der Waals surface area contributed by atoms with Gasteiger partial charge in [0.15, 0.2) is 5.82 Å². The van der Waals surface area contributed by atoms with E-state index >= 15 is 4.39 Å². The molecule has 0 aliphatic carbocycles. The van der Waals surface area contributed by atoms with Gasteiger partial charge in [-0.3, -0.25) is 0 Å². The summed E-state index contributed by atoms with van der Waals surface area (Å²) in [5, 5.41) is 3.56. The Morgan fingerprint density at radius 3 is 2.85 bits per heavy atom. The van der Waals surface area contributed by atoms with Crippen LogP contribution in [-0.2, 0) is 4.74 Å². The van der Waals surface area contributed by atoms with E-state index in [1.807, 2.05) is 32.1 Å². The van der Waals surface area contributed by atoms with E-state index < -0.39 is 5.82 Å². The van der Waals surface area contributed by atoms with Gasteiger partial charge >= 0.3 is 0 Å². The number of anilines is 1. The standard InChI is InChI=1S/C27H31FN4O/c1-7-10-12-23(29-6)26-27-25(22(28)16-30-26)21(20(11-8-2)18(4)9-3)15-24(31-27)32-13-14-33-17-19(32)5/h8-9,11-12,15-16,19,29H,3,13-14,17H2,1-2,4-6H3/b11-8-,20-18+,23-12-. The maximum absolute atomic E-state index is 15.4. The van der Waals surface area contributed by atoms with Crippen LogP contribution < -0.4 is 10.2 Å². The minimum Gasteiger partial charge on any atom is -0.386 e. The molecule has 33 heavy (non-hydrogen) atoms. The van der Waals surface area contributed by atoms with Crippen LogP contribution in [0, 0.1) is 17.7 Å². The Hall–Kier alpha value is -3.43. The van der Waals surface area contributed by atoms with E-state index in [1.54, 1.807) is 26.1 Å². The number of hydrogen-bond donors (Lipinski definition) is 1. The first kappa shape index (κ1) is 24.2. The summed E-state index contributed by atoms with van der Waals surface area (Å²) < 4.78 is 21.0. The molecule has 1 aliphatic rings. The van der Waals surface area contributed by atoms with E-state index in [2.05, 4.69) is 40.5 Å². The molecular formula is C27H31FN4O. The van der Waals surface area contributed by atoms with Crippen LogP contribution in [0.4, 0.5) is 10.2 Å². The van der Waals surface area contributed by atoms with Gasteiger partial charge in [0.05, 0.1) is 31.1 Å². The predicted molar refractivity (Wildman–Crippen MR) is 135 cm³/mol. The van der Waals surface area contributed by atoms with Gasteiger partial charge in [-0.1, -0.05) is 30.7 Å². The molecule has 2 aromatic heterocycles. The number of ether oxygens (including phenoxy) is 1. The Morgan fingerprint density at radius 2 is 2.21 bits per heavy atom. The zero-order chi connectivity index (χ0) is 24.0. The Morgan fingerprint density at radius 1 is 1.42 bits per heavy atom. The van der Waals surface area contributed by atoms with Gasteiger partial charge in [-0.15, -0.1) is 5.92 Å². The number of fused-ring (bicyclic) bond motifs is 1. The summed E-state index contributed by atoms with van der Waals surface area (Å²) >= 11 is 0. The van der Waals surface area contributed by atoms with Crippen LogP contribution in [0.2, 0.25) is 0 Å². The van der Waals surface area contributed by atoms with Gasteiger partial charge in [-0.2, -0.15) is 0 Å². The third-order valence-electron chi connectivity index (χ3n) is 5.68. The third-order valence-corrected chi connectivity index (χ3v) is 5.68. The number of aromatic nitrogens is 2. The molecule has 5 nitrogen and oxygen atoms in total. The average molecular weight is 447 g/mol. The van der Waals surface area contributed by atoms with Crippen molar-refractivity contribution in [1.29, 1.82) is 0 Å². The average Bonchev–Trinajstić information content (AvgIpc) is 2.83. The fourth-order valence-corrected chi connectivity index (χ4v) is 3.93. The molecule has 1 saturated heterocycles. The molecule has 0 bridgehead atoms. The molecule has 1 unspecified atom stereocenters. The highest BCUT2D eigenvalue weighted by Gasteiger charge is 2.25. The Kier molecular flexibility index (Phi) is 8.02. The highest BCUT2D eigenvalue weighted by atomic mass is 19.1.